The molecule has 1 unspecified atom stereocenters. The number of furan rings is 2. The van der Waals surface area contributed by atoms with Crippen molar-refractivity contribution < 1.29 is 23.2 Å². The van der Waals surface area contributed by atoms with Gasteiger partial charge < -0.3 is 23.8 Å². The lowest BCUT2D eigenvalue weighted by Gasteiger charge is -2.24. The molecule has 3 rings (SSSR count). The van der Waals surface area contributed by atoms with E-state index in [1.165, 1.54) is 12.5 Å². The molecule has 25 heavy (non-hydrogen) atoms. The number of amides is 2. The van der Waals surface area contributed by atoms with Crippen molar-refractivity contribution in [2.45, 2.75) is 31.9 Å². The number of carbonyl (C=O) groups is 2. The molecule has 3 heterocycles. The highest BCUT2D eigenvalue weighted by Crippen LogP contribution is 2.15. The number of hydrogen-bond donors (Lipinski definition) is 1. The molecule has 1 N–H and O–H groups in total. The van der Waals surface area contributed by atoms with Crippen LogP contribution in [0.1, 0.15) is 35.4 Å². The second kappa shape index (κ2) is 8.53. The number of rotatable bonds is 8. The van der Waals surface area contributed by atoms with Gasteiger partial charge in [0.2, 0.25) is 5.91 Å². The second-order valence-corrected chi connectivity index (χ2v) is 6.00. The lowest BCUT2D eigenvalue weighted by atomic mass is 10.2. The summed E-state index contributed by atoms with van der Waals surface area (Å²) in [6, 6.07) is 5.20. The third-order valence-corrected chi connectivity index (χ3v) is 4.15. The molecular formula is C18H22N2O5. The lowest BCUT2D eigenvalue weighted by molar-refractivity contribution is -0.121. The van der Waals surface area contributed by atoms with Gasteiger partial charge in [-0.1, -0.05) is 0 Å². The van der Waals surface area contributed by atoms with E-state index in [1.807, 2.05) is 0 Å². The quantitative estimate of drug-likeness (QED) is 0.792. The van der Waals surface area contributed by atoms with Gasteiger partial charge in [-0.15, -0.1) is 0 Å². The van der Waals surface area contributed by atoms with E-state index in [2.05, 4.69) is 5.32 Å². The van der Waals surface area contributed by atoms with Crippen molar-refractivity contribution in [1.29, 1.82) is 0 Å². The third-order valence-electron chi connectivity index (χ3n) is 4.15. The van der Waals surface area contributed by atoms with Crippen LogP contribution in [0.25, 0.3) is 0 Å². The van der Waals surface area contributed by atoms with Crippen LogP contribution in [0.15, 0.2) is 45.8 Å². The highest BCUT2D eigenvalue weighted by molar-refractivity contribution is 5.94. The van der Waals surface area contributed by atoms with Crippen molar-refractivity contribution in [3.8, 4) is 0 Å². The normalized spacial score (nSPS) is 16.7. The molecule has 7 heteroatoms. The summed E-state index contributed by atoms with van der Waals surface area (Å²) in [6.45, 7) is 1.87. The van der Waals surface area contributed by atoms with Crippen LogP contribution in [0.3, 0.4) is 0 Å². The zero-order valence-corrected chi connectivity index (χ0v) is 14.0. The molecule has 1 fully saturated rings. The fourth-order valence-corrected chi connectivity index (χ4v) is 2.80. The molecule has 0 radical (unpaired) electrons. The minimum absolute atomic E-state index is 0.0297. The zero-order valence-electron chi connectivity index (χ0n) is 14.0. The molecule has 0 aliphatic carbocycles. The fourth-order valence-electron chi connectivity index (χ4n) is 2.80. The molecule has 1 aliphatic rings. The van der Waals surface area contributed by atoms with Crippen LogP contribution < -0.4 is 5.32 Å². The molecule has 2 aromatic heterocycles. The van der Waals surface area contributed by atoms with E-state index in [4.69, 9.17) is 13.6 Å². The maximum absolute atomic E-state index is 12.6. The van der Waals surface area contributed by atoms with Crippen molar-refractivity contribution in [3.63, 3.8) is 0 Å². The molecule has 1 atom stereocenters. The topological polar surface area (TPSA) is 84.9 Å². The summed E-state index contributed by atoms with van der Waals surface area (Å²) in [5, 5.41) is 2.79. The molecule has 2 amide bonds. The van der Waals surface area contributed by atoms with E-state index in [0.29, 0.717) is 31.0 Å². The van der Waals surface area contributed by atoms with Crippen molar-refractivity contribution in [1.82, 2.24) is 10.2 Å². The number of carbonyl (C=O) groups excluding carboxylic acids is 2. The minimum atomic E-state index is -0.150. The van der Waals surface area contributed by atoms with Gasteiger partial charge in [0, 0.05) is 26.1 Å². The number of nitrogens with zero attached hydrogens (tertiary/aromatic N) is 1. The van der Waals surface area contributed by atoms with Gasteiger partial charge in [-0.3, -0.25) is 9.59 Å². The van der Waals surface area contributed by atoms with Gasteiger partial charge in [0.25, 0.3) is 5.91 Å². The van der Waals surface area contributed by atoms with E-state index in [0.717, 1.165) is 19.4 Å². The first-order valence-electron chi connectivity index (χ1n) is 8.44. The van der Waals surface area contributed by atoms with Crippen molar-refractivity contribution >= 4 is 11.8 Å². The SMILES string of the molecule is O=C(CCN(CC1CCCO1)C(=O)c1ccoc1)NCc1ccco1. The van der Waals surface area contributed by atoms with Crippen LogP contribution in [0.2, 0.25) is 0 Å². The maximum Gasteiger partial charge on any atom is 0.257 e. The first-order chi connectivity index (χ1) is 12.2. The van der Waals surface area contributed by atoms with E-state index in [-0.39, 0.29) is 24.3 Å². The van der Waals surface area contributed by atoms with Gasteiger partial charge >= 0.3 is 0 Å². The Morgan fingerprint density at radius 3 is 2.88 bits per heavy atom. The Bertz CT molecular complexity index is 660. The molecule has 0 aromatic carbocycles. The van der Waals surface area contributed by atoms with Gasteiger partial charge in [0.05, 0.1) is 30.7 Å². The predicted octanol–water partition coefficient (Wildman–Crippen LogP) is 2.20. The first-order valence-corrected chi connectivity index (χ1v) is 8.44. The van der Waals surface area contributed by atoms with E-state index in [1.54, 1.807) is 29.4 Å². The third kappa shape index (κ3) is 4.96. The Balaban J connectivity index is 1.53. The molecule has 0 bridgehead atoms. The van der Waals surface area contributed by atoms with E-state index >= 15 is 0 Å². The van der Waals surface area contributed by atoms with Gasteiger partial charge in [0.1, 0.15) is 12.0 Å². The molecule has 0 saturated carbocycles. The predicted molar refractivity (Wildman–Crippen MR) is 88.8 cm³/mol. The largest absolute Gasteiger partial charge is 0.472 e. The number of hydrogen-bond acceptors (Lipinski definition) is 5. The van der Waals surface area contributed by atoms with Crippen LogP contribution in [-0.4, -0.2) is 42.5 Å². The monoisotopic (exact) mass is 346 g/mol. The molecule has 0 spiro atoms. The Morgan fingerprint density at radius 2 is 2.20 bits per heavy atom. The highest BCUT2D eigenvalue weighted by Gasteiger charge is 2.24. The smallest absolute Gasteiger partial charge is 0.257 e. The van der Waals surface area contributed by atoms with Crippen molar-refractivity contribution in [3.05, 3.63) is 48.3 Å². The van der Waals surface area contributed by atoms with Gasteiger partial charge in [-0.25, -0.2) is 0 Å². The maximum atomic E-state index is 12.6. The molecular weight excluding hydrogens is 324 g/mol. The Labute approximate surface area is 145 Å². The minimum Gasteiger partial charge on any atom is -0.472 e. The van der Waals surface area contributed by atoms with Crippen molar-refractivity contribution in [2.24, 2.45) is 0 Å². The lowest BCUT2D eigenvalue weighted by Crippen LogP contribution is -2.39. The van der Waals surface area contributed by atoms with Crippen LogP contribution in [0.5, 0.6) is 0 Å². The highest BCUT2D eigenvalue weighted by atomic mass is 16.5. The number of nitrogens with one attached hydrogen (secondary N) is 1. The summed E-state index contributed by atoms with van der Waals surface area (Å²) >= 11 is 0. The summed E-state index contributed by atoms with van der Waals surface area (Å²) in [6.07, 6.45) is 6.63. The first kappa shape index (κ1) is 17.3. The number of ether oxygens (including phenoxy) is 1. The van der Waals surface area contributed by atoms with Crippen LogP contribution in [0.4, 0.5) is 0 Å². The summed E-state index contributed by atoms with van der Waals surface area (Å²) in [5.41, 5.74) is 0.481. The van der Waals surface area contributed by atoms with Crippen molar-refractivity contribution in [2.75, 3.05) is 19.7 Å². The summed E-state index contributed by atoms with van der Waals surface area (Å²) in [5.74, 6) is 0.413. The average molecular weight is 346 g/mol. The van der Waals surface area contributed by atoms with E-state index in [9.17, 15) is 9.59 Å². The summed E-state index contributed by atoms with van der Waals surface area (Å²) in [7, 11) is 0. The fraction of sp³-hybridized carbons (Fsp3) is 0.444. The van der Waals surface area contributed by atoms with Gasteiger partial charge in [-0.2, -0.15) is 0 Å². The second-order valence-electron chi connectivity index (χ2n) is 6.00. The van der Waals surface area contributed by atoms with Crippen LogP contribution in [0, 0.1) is 0 Å². The Kier molecular flexibility index (Phi) is 5.90. The molecule has 1 saturated heterocycles. The molecule has 1 aliphatic heterocycles. The van der Waals surface area contributed by atoms with Gasteiger partial charge in [0.15, 0.2) is 0 Å². The standard InChI is InChI=1S/C18H22N2O5/c21-17(19-11-15-3-1-8-24-15)5-7-20(12-16-4-2-9-25-16)18(22)14-6-10-23-13-14/h1,3,6,8,10,13,16H,2,4-5,7,9,11-12H2,(H,19,21). The van der Waals surface area contributed by atoms with E-state index < -0.39 is 0 Å². The van der Waals surface area contributed by atoms with Crippen LogP contribution >= 0.6 is 0 Å². The Hall–Kier alpha value is -2.54. The zero-order chi connectivity index (χ0) is 17.5. The molecule has 7 nitrogen and oxygen atoms in total. The average Bonchev–Trinajstić information content (AvgIpc) is 3.39. The Morgan fingerprint density at radius 1 is 1.28 bits per heavy atom. The molecule has 2 aromatic rings. The van der Waals surface area contributed by atoms with Gasteiger partial charge in [-0.05, 0) is 31.0 Å². The van der Waals surface area contributed by atoms with Crippen LogP contribution in [-0.2, 0) is 16.1 Å². The summed E-state index contributed by atoms with van der Waals surface area (Å²) in [4.78, 5) is 26.3. The molecule has 134 valence electrons. The summed E-state index contributed by atoms with van der Waals surface area (Å²) < 4.78 is 15.8.